The lowest BCUT2D eigenvalue weighted by Gasteiger charge is -2.30. The molecule has 7 heteroatoms. The van der Waals surface area contributed by atoms with Gasteiger partial charge in [-0.25, -0.2) is 9.97 Å². The minimum atomic E-state index is -0.103. The number of ether oxygens (including phenoxy) is 1. The van der Waals surface area contributed by atoms with E-state index in [1.807, 2.05) is 25.3 Å². The van der Waals surface area contributed by atoms with E-state index in [0.29, 0.717) is 41.9 Å². The molecule has 0 spiro atoms. The Morgan fingerprint density at radius 2 is 2.07 bits per heavy atom. The molecule has 2 heterocycles. The molecule has 3 N–H and O–H groups in total. The molecule has 0 radical (unpaired) electrons. The molecule has 1 aromatic carbocycles. The minimum absolute atomic E-state index is 0.0396. The third-order valence-corrected chi connectivity index (χ3v) is 5.44. The monoisotopic (exact) mass is 394 g/mol. The maximum Gasteiger partial charge on any atom is 0.169 e. The second-order valence-corrected chi connectivity index (χ2v) is 8.44. The SMILES string of the molecule is Cc1cn(-c2ccc3c(N)ncnc3c2OCCCO)c2c1C(=O)CC(C)(C)C2. The van der Waals surface area contributed by atoms with Crippen molar-refractivity contribution < 1.29 is 14.6 Å². The van der Waals surface area contributed by atoms with Gasteiger partial charge in [0.1, 0.15) is 17.7 Å². The van der Waals surface area contributed by atoms with Crippen LogP contribution in [0.5, 0.6) is 5.75 Å². The molecule has 0 atom stereocenters. The number of fused-ring (bicyclic) bond motifs is 2. The van der Waals surface area contributed by atoms with Crippen LogP contribution in [0.4, 0.5) is 5.82 Å². The van der Waals surface area contributed by atoms with Crippen molar-refractivity contribution >= 4 is 22.5 Å². The lowest BCUT2D eigenvalue weighted by atomic mass is 9.75. The fourth-order valence-corrected chi connectivity index (χ4v) is 4.18. The van der Waals surface area contributed by atoms with Gasteiger partial charge < -0.3 is 20.1 Å². The van der Waals surface area contributed by atoms with Crippen LogP contribution in [0.25, 0.3) is 16.6 Å². The zero-order valence-electron chi connectivity index (χ0n) is 17.0. The number of rotatable bonds is 5. The van der Waals surface area contributed by atoms with E-state index < -0.39 is 0 Å². The summed E-state index contributed by atoms with van der Waals surface area (Å²) in [6, 6.07) is 3.82. The van der Waals surface area contributed by atoms with Gasteiger partial charge >= 0.3 is 0 Å². The number of nitrogens with zero attached hydrogens (tertiary/aromatic N) is 3. The smallest absolute Gasteiger partial charge is 0.169 e. The van der Waals surface area contributed by atoms with Gasteiger partial charge in [0.2, 0.25) is 0 Å². The van der Waals surface area contributed by atoms with Gasteiger partial charge in [-0.1, -0.05) is 13.8 Å². The van der Waals surface area contributed by atoms with Crippen LogP contribution in [0.15, 0.2) is 24.7 Å². The van der Waals surface area contributed by atoms with Crippen molar-refractivity contribution in [2.45, 2.75) is 40.0 Å². The third-order valence-electron chi connectivity index (χ3n) is 5.44. The first-order valence-electron chi connectivity index (χ1n) is 9.83. The molecule has 1 aliphatic carbocycles. The van der Waals surface area contributed by atoms with E-state index in [-0.39, 0.29) is 17.8 Å². The molecule has 0 fully saturated rings. The van der Waals surface area contributed by atoms with Crippen molar-refractivity contribution in [3.8, 4) is 11.4 Å². The van der Waals surface area contributed by atoms with Crippen LogP contribution in [-0.2, 0) is 6.42 Å². The van der Waals surface area contributed by atoms with Gasteiger partial charge in [-0.2, -0.15) is 0 Å². The van der Waals surface area contributed by atoms with Gasteiger partial charge in [0.05, 0.1) is 12.3 Å². The minimum Gasteiger partial charge on any atom is -0.489 e. The topological polar surface area (TPSA) is 103 Å². The van der Waals surface area contributed by atoms with Gasteiger partial charge in [-0.15, -0.1) is 0 Å². The summed E-state index contributed by atoms with van der Waals surface area (Å²) in [6.07, 6.45) is 5.26. The second-order valence-electron chi connectivity index (χ2n) is 8.44. The number of aryl methyl sites for hydroxylation is 1. The number of benzene rings is 1. The van der Waals surface area contributed by atoms with Gasteiger partial charge in [-0.3, -0.25) is 4.79 Å². The molecule has 152 valence electrons. The number of aromatic nitrogens is 3. The average Bonchev–Trinajstić information content (AvgIpc) is 2.97. The number of aliphatic hydroxyl groups excluding tert-OH is 1. The molecule has 3 aromatic rings. The summed E-state index contributed by atoms with van der Waals surface area (Å²) < 4.78 is 8.12. The summed E-state index contributed by atoms with van der Waals surface area (Å²) in [5.74, 6) is 1.15. The van der Waals surface area contributed by atoms with Crippen molar-refractivity contribution in [1.29, 1.82) is 0 Å². The highest BCUT2D eigenvalue weighted by atomic mass is 16.5. The predicted octanol–water partition coefficient (Wildman–Crippen LogP) is 3.23. The van der Waals surface area contributed by atoms with Crippen molar-refractivity contribution in [3.63, 3.8) is 0 Å². The quantitative estimate of drug-likeness (QED) is 0.644. The molecular weight excluding hydrogens is 368 g/mol. The molecule has 0 bridgehead atoms. The summed E-state index contributed by atoms with van der Waals surface area (Å²) in [7, 11) is 0. The number of aliphatic hydroxyl groups is 1. The van der Waals surface area contributed by atoms with Gasteiger partial charge in [-0.05, 0) is 36.5 Å². The molecule has 1 aliphatic rings. The largest absolute Gasteiger partial charge is 0.489 e. The van der Waals surface area contributed by atoms with Crippen LogP contribution in [0.3, 0.4) is 0 Å². The van der Waals surface area contributed by atoms with Crippen LogP contribution in [0, 0.1) is 12.3 Å². The first-order valence-corrected chi connectivity index (χ1v) is 9.83. The number of nitrogen functional groups attached to an aromatic ring is 1. The highest BCUT2D eigenvalue weighted by Crippen LogP contribution is 2.41. The van der Waals surface area contributed by atoms with Crippen molar-refractivity contribution in [1.82, 2.24) is 14.5 Å². The lowest BCUT2D eigenvalue weighted by molar-refractivity contribution is 0.0910. The Balaban J connectivity index is 1.94. The zero-order chi connectivity index (χ0) is 20.8. The molecule has 7 nitrogen and oxygen atoms in total. The molecule has 29 heavy (non-hydrogen) atoms. The Labute approximate surface area is 169 Å². The molecule has 4 rings (SSSR count). The number of hydrogen-bond donors (Lipinski definition) is 2. The number of hydrogen-bond acceptors (Lipinski definition) is 6. The van der Waals surface area contributed by atoms with Crippen LogP contribution in [0.2, 0.25) is 0 Å². The Bertz CT molecular complexity index is 1100. The van der Waals surface area contributed by atoms with E-state index in [9.17, 15) is 4.79 Å². The molecule has 2 aromatic heterocycles. The Morgan fingerprint density at radius 1 is 1.28 bits per heavy atom. The summed E-state index contributed by atoms with van der Waals surface area (Å²) in [5.41, 5.74) is 10.1. The highest BCUT2D eigenvalue weighted by molar-refractivity contribution is 6.01. The van der Waals surface area contributed by atoms with Crippen LogP contribution >= 0.6 is 0 Å². The molecule has 0 unspecified atom stereocenters. The third kappa shape index (κ3) is 3.35. The molecular formula is C22H26N4O3. The second kappa shape index (κ2) is 7.15. The van der Waals surface area contributed by atoms with E-state index in [4.69, 9.17) is 15.6 Å². The number of Topliss-reactive ketones (excluding diaryl/α,β-unsaturated/α-hetero) is 1. The lowest BCUT2D eigenvalue weighted by Crippen LogP contribution is -2.28. The van der Waals surface area contributed by atoms with Crippen LogP contribution < -0.4 is 10.5 Å². The number of ketones is 1. The summed E-state index contributed by atoms with van der Waals surface area (Å²) in [4.78, 5) is 21.3. The zero-order valence-corrected chi connectivity index (χ0v) is 17.0. The average molecular weight is 394 g/mol. The maximum absolute atomic E-state index is 12.8. The number of carbonyl (C=O) groups is 1. The van der Waals surface area contributed by atoms with Gasteiger partial charge in [0, 0.05) is 42.3 Å². The standard InChI is InChI=1S/C22H26N4O3/c1-13-11-26(16-9-22(2,3)10-17(28)18(13)16)15-6-5-14-19(24-12-25-21(14)23)20(15)29-8-4-7-27/h5-6,11-12,27H,4,7-10H2,1-3H3,(H2,23,24,25). The van der Waals surface area contributed by atoms with E-state index in [1.165, 1.54) is 6.33 Å². The first-order chi connectivity index (χ1) is 13.8. The summed E-state index contributed by atoms with van der Waals surface area (Å²) in [6.45, 7) is 6.59. The Hall–Kier alpha value is -2.93. The van der Waals surface area contributed by atoms with Crippen LogP contribution in [0.1, 0.15) is 48.3 Å². The summed E-state index contributed by atoms with van der Waals surface area (Å²) in [5, 5.41) is 9.88. The molecule has 0 aliphatic heterocycles. The number of carbonyl (C=O) groups excluding carboxylic acids is 1. The molecule has 0 amide bonds. The molecule has 0 saturated heterocycles. The van der Waals surface area contributed by atoms with Crippen molar-refractivity contribution in [2.24, 2.45) is 5.41 Å². The van der Waals surface area contributed by atoms with Gasteiger partial charge in [0.25, 0.3) is 0 Å². The Morgan fingerprint density at radius 3 is 2.83 bits per heavy atom. The fourth-order valence-electron chi connectivity index (χ4n) is 4.18. The Kier molecular flexibility index (Phi) is 4.78. The van der Waals surface area contributed by atoms with E-state index in [2.05, 4.69) is 28.4 Å². The van der Waals surface area contributed by atoms with Crippen molar-refractivity contribution in [3.05, 3.63) is 41.5 Å². The van der Waals surface area contributed by atoms with Gasteiger partial charge in [0.15, 0.2) is 11.5 Å². The fraction of sp³-hybridized carbons (Fsp3) is 0.409. The summed E-state index contributed by atoms with van der Waals surface area (Å²) >= 11 is 0. The van der Waals surface area contributed by atoms with E-state index in [0.717, 1.165) is 28.9 Å². The normalized spacial score (nSPS) is 15.5. The highest BCUT2D eigenvalue weighted by Gasteiger charge is 2.35. The number of anilines is 1. The van der Waals surface area contributed by atoms with Crippen molar-refractivity contribution in [2.75, 3.05) is 18.9 Å². The predicted molar refractivity (Wildman–Crippen MR) is 112 cm³/mol. The van der Waals surface area contributed by atoms with E-state index in [1.54, 1.807) is 0 Å². The van der Waals surface area contributed by atoms with E-state index >= 15 is 0 Å². The maximum atomic E-state index is 12.8. The van der Waals surface area contributed by atoms with Crippen LogP contribution in [-0.4, -0.2) is 38.6 Å². The first kappa shape index (κ1) is 19.4. The number of nitrogens with two attached hydrogens (primary N) is 1. The molecule has 0 saturated carbocycles.